The van der Waals surface area contributed by atoms with E-state index in [4.69, 9.17) is 0 Å². The highest BCUT2D eigenvalue weighted by Crippen LogP contribution is 2.22. The molecule has 1 aromatic carbocycles. The Morgan fingerprint density at radius 2 is 1.54 bits per heavy atom. The van der Waals surface area contributed by atoms with Gasteiger partial charge in [-0.15, -0.1) is 0 Å². The van der Waals surface area contributed by atoms with Gasteiger partial charge in [0, 0.05) is 25.6 Å². The zero-order valence-electron chi connectivity index (χ0n) is 14.7. The minimum Gasteiger partial charge on any atom is -0.359 e. The SMILES string of the molecule is CNC(=O)CCS(=O)(=O)CCCC(=O)Nc1c(C)cc(C)cc1C. The maximum absolute atomic E-state index is 12.0. The Morgan fingerprint density at radius 1 is 0.958 bits per heavy atom. The summed E-state index contributed by atoms with van der Waals surface area (Å²) in [6.07, 6.45) is 0.324. The molecular formula is C17H26N2O4S. The van der Waals surface area contributed by atoms with Crippen molar-refractivity contribution in [3.63, 3.8) is 0 Å². The van der Waals surface area contributed by atoms with Gasteiger partial charge in [-0.25, -0.2) is 8.42 Å². The summed E-state index contributed by atoms with van der Waals surface area (Å²) < 4.78 is 23.6. The number of carbonyl (C=O) groups excluding carboxylic acids is 2. The minimum absolute atomic E-state index is 0.0488. The van der Waals surface area contributed by atoms with Crippen LogP contribution in [0.5, 0.6) is 0 Å². The fraction of sp³-hybridized carbons (Fsp3) is 0.529. The van der Waals surface area contributed by atoms with Gasteiger partial charge in [-0.05, 0) is 38.3 Å². The molecule has 0 aliphatic rings. The number of hydrogen-bond acceptors (Lipinski definition) is 4. The van der Waals surface area contributed by atoms with E-state index in [2.05, 4.69) is 10.6 Å². The molecule has 24 heavy (non-hydrogen) atoms. The predicted molar refractivity (Wildman–Crippen MR) is 95.9 cm³/mol. The standard InChI is InChI=1S/C17H26N2O4S/c1-12-10-13(2)17(14(3)11-12)19-16(21)6-5-8-24(22,23)9-7-15(20)18-4/h10-11H,5-9H2,1-4H3,(H,18,20)(H,19,21). The molecule has 0 spiro atoms. The summed E-state index contributed by atoms with van der Waals surface area (Å²) in [5.74, 6) is -0.790. The van der Waals surface area contributed by atoms with Crippen LogP contribution in [0.15, 0.2) is 12.1 Å². The largest absolute Gasteiger partial charge is 0.359 e. The fourth-order valence-electron chi connectivity index (χ4n) is 2.51. The van der Waals surface area contributed by atoms with E-state index in [9.17, 15) is 18.0 Å². The molecule has 0 saturated carbocycles. The van der Waals surface area contributed by atoms with Crippen LogP contribution >= 0.6 is 0 Å². The van der Waals surface area contributed by atoms with E-state index in [1.807, 2.05) is 32.9 Å². The van der Waals surface area contributed by atoms with Crippen LogP contribution in [0.25, 0.3) is 0 Å². The van der Waals surface area contributed by atoms with E-state index >= 15 is 0 Å². The molecule has 0 aromatic heterocycles. The molecule has 0 heterocycles. The predicted octanol–water partition coefficient (Wildman–Crippen LogP) is 1.88. The highest BCUT2D eigenvalue weighted by Gasteiger charge is 2.14. The Bertz CT molecular complexity index is 688. The van der Waals surface area contributed by atoms with Gasteiger partial charge in [-0.2, -0.15) is 0 Å². The minimum atomic E-state index is -3.32. The summed E-state index contributed by atoms with van der Waals surface area (Å²) in [6.45, 7) is 5.85. The highest BCUT2D eigenvalue weighted by atomic mass is 32.2. The van der Waals surface area contributed by atoms with Gasteiger partial charge in [0.1, 0.15) is 0 Å². The average molecular weight is 354 g/mol. The van der Waals surface area contributed by atoms with E-state index in [1.165, 1.54) is 7.05 Å². The number of anilines is 1. The zero-order chi connectivity index (χ0) is 18.3. The zero-order valence-corrected chi connectivity index (χ0v) is 15.5. The van der Waals surface area contributed by atoms with Crippen LogP contribution in [0.4, 0.5) is 5.69 Å². The van der Waals surface area contributed by atoms with Gasteiger partial charge in [0.2, 0.25) is 11.8 Å². The second kappa shape index (κ2) is 8.82. The lowest BCUT2D eigenvalue weighted by molar-refractivity contribution is -0.120. The number of sulfone groups is 1. The molecule has 2 N–H and O–H groups in total. The van der Waals surface area contributed by atoms with Crippen molar-refractivity contribution in [2.45, 2.75) is 40.0 Å². The molecule has 0 radical (unpaired) electrons. The first-order valence-electron chi connectivity index (χ1n) is 7.93. The van der Waals surface area contributed by atoms with Crippen molar-refractivity contribution < 1.29 is 18.0 Å². The monoisotopic (exact) mass is 354 g/mol. The van der Waals surface area contributed by atoms with E-state index < -0.39 is 9.84 Å². The van der Waals surface area contributed by atoms with Crippen molar-refractivity contribution in [2.24, 2.45) is 0 Å². The Labute approximate surface area is 143 Å². The maximum Gasteiger partial charge on any atom is 0.224 e. The smallest absolute Gasteiger partial charge is 0.224 e. The lowest BCUT2D eigenvalue weighted by Crippen LogP contribution is -2.23. The first-order valence-corrected chi connectivity index (χ1v) is 9.75. The Kier molecular flexibility index (Phi) is 7.41. The summed E-state index contributed by atoms with van der Waals surface area (Å²) >= 11 is 0. The Morgan fingerprint density at radius 3 is 2.08 bits per heavy atom. The average Bonchev–Trinajstić information content (AvgIpc) is 2.48. The first kappa shape index (κ1) is 20.2. The molecule has 2 amide bonds. The van der Waals surface area contributed by atoms with Crippen LogP contribution < -0.4 is 10.6 Å². The summed E-state index contributed by atoms with van der Waals surface area (Å²) in [7, 11) is -1.85. The van der Waals surface area contributed by atoms with Crippen molar-refractivity contribution in [3.05, 3.63) is 28.8 Å². The lowest BCUT2D eigenvalue weighted by Gasteiger charge is -2.13. The quantitative estimate of drug-likeness (QED) is 0.745. The number of nitrogens with one attached hydrogen (secondary N) is 2. The Hall–Kier alpha value is -1.89. The van der Waals surface area contributed by atoms with Gasteiger partial charge >= 0.3 is 0 Å². The molecule has 0 aliphatic heterocycles. The summed E-state index contributed by atoms with van der Waals surface area (Å²) in [6, 6.07) is 3.98. The van der Waals surface area contributed by atoms with Crippen LogP contribution in [0.2, 0.25) is 0 Å². The number of benzene rings is 1. The van der Waals surface area contributed by atoms with Crippen molar-refractivity contribution in [1.29, 1.82) is 0 Å². The molecular weight excluding hydrogens is 328 g/mol. The normalized spacial score (nSPS) is 11.2. The van der Waals surface area contributed by atoms with E-state index in [0.717, 1.165) is 22.4 Å². The number of hydrogen-bond donors (Lipinski definition) is 2. The molecule has 0 unspecified atom stereocenters. The third-order valence-electron chi connectivity index (χ3n) is 3.72. The second-order valence-corrected chi connectivity index (χ2v) is 8.30. The summed E-state index contributed by atoms with van der Waals surface area (Å²) in [5.41, 5.74) is 3.89. The van der Waals surface area contributed by atoms with Crippen molar-refractivity contribution >= 4 is 27.3 Å². The molecule has 1 aromatic rings. The van der Waals surface area contributed by atoms with Gasteiger partial charge in [-0.3, -0.25) is 9.59 Å². The highest BCUT2D eigenvalue weighted by molar-refractivity contribution is 7.91. The lowest BCUT2D eigenvalue weighted by atomic mass is 10.0. The van der Waals surface area contributed by atoms with Crippen molar-refractivity contribution in [3.8, 4) is 0 Å². The van der Waals surface area contributed by atoms with Gasteiger partial charge in [0.15, 0.2) is 9.84 Å². The molecule has 6 nitrogen and oxygen atoms in total. The number of aryl methyl sites for hydroxylation is 3. The number of carbonyl (C=O) groups is 2. The van der Waals surface area contributed by atoms with Crippen LogP contribution in [-0.2, 0) is 19.4 Å². The van der Waals surface area contributed by atoms with E-state index in [1.54, 1.807) is 0 Å². The maximum atomic E-state index is 12.0. The van der Waals surface area contributed by atoms with Gasteiger partial charge < -0.3 is 10.6 Å². The van der Waals surface area contributed by atoms with Gasteiger partial charge in [0.05, 0.1) is 11.5 Å². The molecule has 1 rings (SSSR count). The van der Waals surface area contributed by atoms with Crippen LogP contribution in [-0.4, -0.2) is 38.8 Å². The van der Waals surface area contributed by atoms with Crippen molar-refractivity contribution in [2.75, 3.05) is 23.9 Å². The first-order chi connectivity index (χ1) is 11.1. The molecule has 0 aliphatic carbocycles. The van der Waals surface area contributed by atoms with E-state index in [-0.39, 0.29) is 42.6 Å². The molecule has 7 heteroatoms. The fourth-order valence-corrected chi connectivity index (χ4v) is 3.79. The van der Waals surface area contributed by atoms with E-state index in [0.29, 0.717) is 0 Å². The van der Waals surface area contributed by atoms with Crippen LogP contribution in [0.1, 0.15) is 36.0 Å². The molecule has 0 fully saturated rings. The molecule has 0 bridgehead atoms. The molecule has 0 saturated heterocycles. The van der Waals surface area contributed by atoms with Crippen LogP contribution in [0.3, 0.4) is 0 Å². The van der Waals surface area contributed by atoms with Gasteiger partial charge in [0.25, 0.3) is 0 Å². The third kappa shape index (κ3) is 6.70. The third-order valence-corrected chi connectivity index (χ3v) is 5.46. The topological polar surface area (TPSA) is 92.3 Å². The summed E-state index contributed by atoms with van der Waals surface area (Å²) in [5, 5.41) is 5.24. The summed E-state index contributed by atoms with van der Waals surface area (Å²) in [4.78, 5) is 23.1. The van der Waals surface area contributed by atoms with Crippen LogP contribution in [0, 0.1) is 20.8 Å². The Balaban J connectivity index is 2.49. The van der Waals surface area contributed by atoms with Crippen molar-refractivity contribution in [1.82, 2.24) is 5.32 Å². The number of rotatable bonds is 8. The number of amides is 2. The molecule has 134 valence electrons. The van der Waals surface area contributed by atoms with Gasteiger partial charge in [-0.1, -0.05) is 17.7 Å². The second-order valence-electron chi connectivity index (χ2n) is 6.00. The molecule has 0 atom stereocenters.